The lowest BCUT2D eigenvalue weighted by molar-refractivity contribution is -0.152. The van der Waals surface area contributed by atoms with E-state index in [4.69, 9.17) is 4.74 Å². The summed E-state index contributed by atoms with van der Waals surface area (Å²) in [5.41, 5.74) is 1.14. The van der Waals surface area contributed by atoms with E-state index in [9.17, 15) is 4.79 Å². The summed E-state index contributed by atoms with van der Waals surface area (Å²) in [4.78, 5) is 12.8. The molecule has 0 bridgehead atoms. The van der Waals surface area contributed by atoms with E-state index >= 15 is 0 Å². The molecule has 1 aromatic rings. The Morgan fingerprint density at radius 2 is 1.84 bits per heavy atom. The van der Waals surface area contributed by atoms with Crippen molar-refractivity contribution in [1.29, 1.82) is 0 Å². The third-order valence-electron chi connectivity index (χ3n) is 5.64. The van der Waals surface area contributed by atoms with Crippen LogP contribution in [-0.2, 0) is 9.53 Å². The summed E-state index contributed by atoms with van der Waals surface area (Å²) >= 11 is 0. The van der Waals surface area contributed by atoms with Gasteiger partial charge in [0, 0.05) is 5.92 Å². The summed E-state index contributed by atoms with van der Waals surface area (Å²) in [5, 5.41) is 0. The molecule has 2 aliphatic rings. The topological polar surface area (TPSA) is 26.3 Å². The van der Waals surface area contributed by atoms with Crippen molar-refractivity contribution < 1.29 is 9.53 Å². The first kappa shape index (κ1) is 18.5. The maximum atomic E-state index is 12.8. The highest BCUT2D eigenvalue weighted by atomic mass is 16.5. The third kappa shape index (κ3) is 4.27. The van der Waals surface area contributed by atoms with Crippen molar-refractivity contribution in [2.75, 3.05) is 0 Å². The first-order valence-electron chi connectivity index (χ1n) is 9.49. The fourth-order valence-electron chi connectivity index (χ4n) is 4.09. The van der Waals surface area contributed by atoms with Crippen molar-refractivity contribution >= 4 is 5.97 Å². The van der Waals surface area contributed by atoms with Gasteiger partial charge in [-0.3, -0.25) is 4.79 Å². The van der Waals surface area contributed by atoms with Crippen molar-refractivity contribution in [2.24, 2.45) is 17.8 Å². The highest BCUT2D eigenvalue weighted by Crippen LogP contribution is 2.44. The van der Waals surface area contributed by atoms with Crippen LogP contribution in [0.15, 0.2) is 30.3 Å². The van der Waals surface area contributed by atoms with Crippen LogP contribution < -0.4 is 0 Å². The summed E-state index contributed by atoms with van der Waals surface area (Å²) in [6.45, 7) is 8.73. The minimum absolute atomic E-state index is 0.0470. The normalized spacial score (nSPS) is 29.2. The highest BCUT2D eigenvalue weighted by molar-refractivity contribution is 5.94. The maximum absolute atomic E-state index is 12.8. The number of carbonyl (C=O) groups excluding carboxylic acids is 1. The zero-order chi connectivity index (χ0) is 18.0. The van der Waals surface area contributed by atoms with E-state index in [1.54, 1.807) is 0 Å². The molecule has 0 saturated heterocycles. The third-order valence-corrected chi connectivity index (χ3v) is 5.64. The molecule has 2 fully saturated rings. The van der Waals surface area contributed by atoms with Gasteiger partial charge >= 0.3 is 5.97 Å². The van der Waals surface area contributed by atoms with Gasteiger partial charge in [0.2, 0.25) is 0 Å². The van der Waals surface area contributed by atoms with E-state index in [0.717, 1.165) is 30.2 Å². The first-order valence-corrected chi connectivity index (χ1v) is 9.49. The van der Waals surface area contributed by atoms with Gasteiger partial charge in [-0.05, 0) is 54.9 Å². The van der Waals surface area contributed by atoms with Crippen molar-refractivity contribution in [2.45, 2.75) is 53.1 Å². The van der Waals surface area contributed by atoms with Crippen molar-refractivity contribution in [3.63, 3.8) is 0 Å². The molecule has 2 nitrogen and oxygen atoms in total. The van der Waals surface area contributed by atoms with Gasteiger partial charge in [-0.2, -0.15) is 0 Å². The number of hydrogen-bond acceptors (Lipinski definition) is 2. The van der Waals surface area contributed by atoms with Crippen molar-refractivity contribution in [1.82, 2.24) is 0 Å². The Bertz CT molecular complexity index is 565. The van der Waals surface area contributed by atoms with Crippen LogP contribution in [0.25, 0.3) is 0 Å². The summed E-state index contributed by atoms with van der Waals surface area (Å²) < 4.78 is 6.01. The number of benzene rings is 1. The van der Waals surface area contributed by atoms with Crippen molar-refractivity contribution in [3.8, 4) is 0 Å². The zero-order valence-corrected chi connectivity index (χ0v) is 15.8. The molecule has 3 atom stereocenters. The Balaban J connectivity index is 1.64. The van der Waals surface area contributed by atoms with Gasteiger partial charge in [0.1, 0.15) is 6.10 Å². The Kier molecular flexibility index (Phi) is 5.86. The fourth-order valence-corrected chi connectivity index (χ4v) is 4.09. The standard InChI is InChI=1S/C23H29O2/c1-15(2)20-11-10-16(3)12-22(20)25-23(24)21-14-19(13-17(21)4)18-8-6-5-7-9-18/h5-9,13-16,20,22H,10-12H2,1-4H3/t16-,20+,22-/m1/s1. The predicted molar refractivity (Wildman–Crippen MR) is 101 cm³/mol. The van der Waals surface area contributed by atoms with Crippen LogP contribution in [0.1, 0.15) is 52.5 Å². The van der Waals surface area contributed by atoms with Gasteiger partial charge < -0.3 is 4.74 Å². The number of hydrogen-bond donors (Lipinski definition) is 0. The second kappa shape index (κ2) is 7.93. The van der Waals surface area contributed by atoms with E-state index in [1.165, 1.54) is 6.42 Å². The molecule has 25 heavy (non-hydrogen) atoms. The van der Waals surface area contributed by atoms with Gasteiger partial charge in [0.25, 0.3) is 0 Å². The average Bonchev–Trinajstić information content (AvgIpc) is 2.97. The Labute approximate surface area is 153 Å². The molecule has 0 aliphatic heterocycles. The smallest absolute Gasteiger partial charge is 0.314 e. The zero-order valence-electron chi connectivity index (χ0n) is 15.8. The second-order valence-corrected chi connectivity index (χ2v) is 7.98. The first-order chi connectivity index (χ1) is 12.0. The minimum atomic E-state index is -0.163. The highest BCUT2D eigenvalue weighted by Gasteiger charge is 2.42. The molecule has 1 aromatic carbocycles. The molecule has 3 rings (SSSR count). The van der Waals surface area contributed by atoms with Gasteiger partial charge in [-0.25, -0.2) is 0 Å². The van der Waals surface area contributed by atoms with Gasteiger partial charge in [0.05, 0.1) is 5.92 Å². The van der Waals surface area contributed by atoms with Crippen LogP contribution in [0.2, 0.25) is 0 Å². The van der Waals surface area contributed by atoms with Gasteiger partial charge in [0.15, 0.2) is 0 Å². The fraction of sp³-hybridized carbons (Fsp3) is 0.478. The average molecular weight is 337 g/mol. The van der Waals surface area contributed by atoms with Crippen LogP contribution >= 0.6 is 0 Å². The lowest BCUT2D eigenvalue weighted by atomic mass is 9.75. The number of rotatable bonds is 4. The lowest BCUT2D eigenvalue weighted by Gasteiger charge is -2.37. The molecule has 5 radical (unpaired) electrons. The van der Waals surface area contributed by atoms with E-state index < -0.39 is 0 Å². The molecule has 0 heterocycles. The van der Waals surface area contributed by atoms with E-state index in [-0.39, 0.29) is 12.1 Å². The summed E-state index contributed by atoms with van der Waals surface area (Å²) in [6, 6.07) is 10.2. The Morgan fingerprint density at radius 3 is 2.52 bits per heavy atom. The van der Waals surface area contributed by atoms with Crippen LogP contribution in [0.5, 0.6) is 0 Å². The van der Waals surface area contributed by atoms with Gasteiger partial charge in [-0.1, -0.05) is 64.4 Å². The van der Waals surface area contributed by atoms with E-state index in [0.29, 0.717) is 23.7 Å². The van der Waals surface area contributed by atoms with Crippen molar-refractivity contribution in [3.05, 3.63) is 66.5 Å². The van der Waals surface area contributed by atoms with Crippen LogP contribution in [0.3, 0.4) is 0 Å². The molecule has 0 amide bonds. The summed E-state index contributed by atoms with van der Waals surface area (Å²) in [5.74, 6) is 4.28. The molecule has 0 N–H and O–H groups in total. The summed E-state index contributed by atoms with van der Waals surface area (Å²) in [6.07, 6.45) is 7.49. The molecule has 0 spiro atoms. The number of ether oxygens (including phenoxy) is 1. The monoisotopic (exact) mass is 337 g/mol. The maximum Gasteiger partial charge on any atom is 0.314 e. The molecular weight excluding hydrogens is 308 g/mol. The SMILES string of the molecule is C[C]1[CH][C](c2ccccc2)[CH][C]1C(=O)O[C@@H]1C[C@H](C)CC[C@H]1C(C)C. The molecule has 133 valence electrons. The largest absolute Gasteiger partial charge is 0.462 e. The Hall–Kier alpha value is -1.31. The molecular formula is C23H29O2. The van der Waals surface area contributed by atoms with Crippen LogP contribution in [-0.4, -0.2) is 12.1 Å². The van der Waals surface area contributed by atoms with E-state index in [2.05, 4.69) is 39.3 Å². The second-order valence-electron chi connectivity index (χ2n) is 7.98. The van der Waals surface area contributed by atoms with Crippen LogP contribution in [0.4, 0.5) is 0 Å². The quantitative estimate of drug-likeness (QED) is 0.706. The minimum Gasteiger partial charge on any atom is -0.462 e. The number of esters is 1. The summed E-state index contributed by atoms with van der Waals surface area (Å²) in [7, 11) is 0. The lowest BCUT2D eigenvalue weighted by Crippen LogP contribution is -2.37. The number of carbonyl (C=O) groups is 1. The van der Waals surface area contributed by atoms with E-state index in [1.807, 2.05) is 31.5 Å². The molecule has 2 aliphatic carbocycles. The van der Waals surface area contributed by atoms with Gasteiger partial charge in [-0.15, -0.1) is 0 Å². The Morgan fingerprint density at radius 1 is 1.12 bits per heavy atom. The molecule has 2 heteroatoms. The molecule has 0 unspecified atom stereocenters. The molecule has 0 aromatic heterocycles. The predicted octanol–water partition coefficient (Wildman–Crippen LogP) is 5.20. The molecule has 2 saturated carbocycles. The van der Waals surface area contributed by atoms with Crippen LogP contribution in [0, 0.1) is 48.3 Å².